The maximum Gasteiger partial charge on any atom is 0.189 e. The number of likely N-dealkylation sites (N-methyl/N-ethyl adjacent to an activating group) is 1. The van der Waals surface area contributed by atoms with Gasteiger partial charge in [-0.15, -0.1) is 0 Å². The summed E-state index contributed by atoms with van der Waals surface area (Å²) in [5.41, 5.74) is -0.149. The first kappa shape index (κ1) is 17.2. The Bertz CT molecular complexity index is 868. The van der Waals surface area contributed by atoms with Gasteiger partial charge in [-0.25, -0.2) is 0 Å². The van der Waals surface area contributed by atoms with Crippen LogP contribution in [0.25, 0.3) is 0 Å². The fraction of sp³-hybridized carbons (Fsp3) is 0.368. The van der Waals surface area contributed by atoms with Crippen molar-refractivity contribution in [2.45, 2.75) is 5.92 Å². The Labute approximate surface area is 151 Å². The summed E-state index contributed by atoms with van der Waals surface area (Å²) in [5, 5.41) is 38.4. The van der Waals surface area contributed by atoms with E-state index in [1.54, 1.807) is 18.2 Å². The molecule has 0 saturated heterocycles. The van der Waals surface area contributed by atoms with Gasteiger partial charge in [-0.1, -0.05) is 23.7 Å². The number of hydrogen-bond acceptors (Lipinski definition) is 4. The van der Waals surface area contributed by atoms with Gasteiger partial charge < -0.3 is 10.3 Å². The molecule has 2 unspecified atom stereocenters. The number of fused-ring (bicyclic) bond motifs is 1. The van der Waals surface area contributed by atoms with E-state index in [9.17, 15) is 15.8 Å². The summed E-state index contributed by atoms with van der Waals surface area (Å²) in [6.45, 7) is 1.48. The quantitative estimate of drug-likeness (QED) is 0.754. The molecule has 0 radical (unpaired) electrons. The first-order chi connectivity index (χ1) is 12.0. The van der Waals surface area contributed by atoms with Gasteiger partial charge in [-0.3, -0.25) is 0 Å². The van der Waals surface area contributed by atoms with Crippen molar-refractivity contribution in [1.82, 2.24) is 0 Å². The lowest BCUT2D eigenvalue weighted by atomic mass is 9.54. The van der Waals surface area contributed by atoms with Gasteiger partial charge in [0.25, 0.3) is 0 Å². The van der Waals surface area contributed by atoms with E-state index in [4.69, 9.17) is 17.0 Å². The maximum atomic E-state index is 9.90. The molecule has 1 aliphatic carbocycles. The van der Waals surface area contributed by atoms with E-state index in [0.29, 0.717) is 11.6 Å². The summed E-state index contributed by atoms with van der Waals surface area (Å²) in [4.78, 5) is 1.25. The van der Waals surface area contributed by atoms with Gasteiger partial charge in [-0.2, -0.15) is 15.8 Å². The number of halogens is 1. The highest BCUT2D eigenvalue weighted by atomic mass is 35.5. The van der Waals surface area contributed by atoms with Crippen LogP contribution < -0.4 is 4.90 Å². The zero-order valence-corrected chi connectivity index (χ0v) is 14.5. The molecule has 1 aromatic rings. The van der Waals surface area contributed by atoms with E-state index in [1.165, 1.54) is 4.90 Å². The number of nitriles is 3. The Morgan fingerprint density at radius 2 is 2.00 bits per heavy atom. The van der Waals surface area contributed by atoms with E-state index in [0.717, 1.165) is 17.7 Å². The van der Waals surface area contributed by atoms with E-state index < -0.39 is 17.3 Å². The minimum atomic E-state index is -1.66. The van der Waals surface area contributed by atoms with Crippen molar-refractivity contribution in [3.05, 3.63) is 46.5 Å². The summed E-state index contributed by atoms with van der Waals surface area (Å²) < 4.78 is 0. The van der Waals surface area contributed by atoms with Crippen LogP contribution in [0.3, 0.4) is 0 Å². The molecule has 4 atom stereocenters. The minimum Gasteiger partial charge on any atom is -0.334 e. The molecule has 25 heavy (non-hydrogen) atoms. The van der Waals surface area contributed by atoms with Crippen molar-refractivity contribution in [3.8, 4) is 18.2 Å². The highest BCUT2D eigenvalue weighted by Gasteiger charge is 2.58. The molecule has 0 spiro atoms. The average molecular weight is 351 g/mol. The molecule has 3 rings (SSSR count). The summed E-state index contributed by atoms with van der Waals surface area (Å²) in [5.74, 6) is -1.47. The first-order valence-corrected chi connectivity index (χ1v) is 8.44. The van der Waals surface area contributed by atoms with Gasteiger partial charge in [0, 0.05) is 16.9 Å². The van der Waals surface area contributed by atoms with Crippen LogP contribution in [0.5, 0.6) is 0 Å². The van der Waals surface area contributed by atoms with E-state index in [-0.39, 0.29) is 11.6 Å². The summed E-state index contributed by atoms with van der Waals surface area (Å²) in [6.07, 6.45) is 2.00. The lowest BCUT2D eigenvalue weighted by Crippen LogP contribution is -3.10. The smallest absolute Gasteiger partial charge is 0.189 e. The number of hydrogen-bond donors (Lipinski definition) is 2. The van der Waals surface area contributed by atoms with Crippen LogP contribution in [0.1, 0.15) is 11.5 Å². The molecule has 5 nitrogen and oxygen atoms in total. The van der Waals surface area contributed by atoms with Crippen molar-refractivity contribution in [2.75, 3.05) is 20.1 Å². The number of rotatable bonds is 1. The molecular formula is C19H17ClN5+. The van der Waals surface area contributed by atoms with Gasteiger partial charge in [-0.05, 0) is 29.3 Å². The molecule has 0 amide bonds. The number of nitrogens with zero attached hydrogens (tertiary/aromatic N) is 3. The normalized spacial score (nSPS) is 30.2. The van der Waals surface area contributed by atoms with Gasteiger partial charge in [0.2, 0.25) is 0 Å². The fourth-order valence-corrected chi connectivity index (χ4v) is 4.33. The average Bonchev–Trinajstić information content (AvgIpc) is 2.61. The van der Waals surface area contributed by atoms with Crippen LogP contribution in [0.15, 0.2) is 35.9 Å². The Morgan fingerprint density at radius 3 is 2.60 bits per heavy atom. The van der Waals surface area contributed by atoms with Gasteiger partial charge >= 0.3 is 0 Å². The van der Waals surface area contributed by atoms with Crippen LogP contribution in [0, 0.1) is 56.7 Å². The molecule has 1 aliphatic heterocycles. The SMILES string of the molecule is C[NH+]1CC=C2C(C#N)C(=N)C(C#N)(C#N)[C@H](c3cccc(Cl)c3)[C@@H]2C1. The Kier molecular flexibility index (Phi) is 4.36. The van der Waals surface area contributed by atoms with Gasteiger partial charge in [0.05, 0.1) is 44.1 Å². The van der Waals surface area contributed by atoms with E-state index in [1.807, 2.05) is 19.2 Å². The van der Waals surface area contributed by atoms with Crippen molar-refractivity contribution in [3.63, 3.8) is 0 Å². The van der Waals surface area contributed by atoms with Crippen LogP contribution in [0.2, 0.25) is 5.02 Å². The topological polar surface area (TPSA) is 99.7 Å². The standard InChI is InChI=1S/C19H16ClN5/c1-25-6-5-14-15(8-21)18(24)19(10-22,11-23)17(16(14)9-25)12-3-2-4-13(20)7-12/h2-5,7,15-17,24H,6,9H2,1H3/p+1/t15?,16-,17-/m1/s1. The van der Waals surface area contributed by atoms with Crippen LogP contribution in [0.4, 0.5) is 0 Å². The zero-order valence-electron chi connectivity index (χ0n) is 13.8. The second-order valence-electron chi connectivity index (χ2n) is 6.72. The zero-order chi connectivity index (χ0) is 18.2. The maximum absolute atomic E-state index is 9.90. The molecule has 6 heteroatoms. The first-order valence-electron chi connectivity index (χ1n) is 8.06. The summed E-state index contributed by atoms with van der Waals surface area (Å²) >= 11 is 6.15. The highest BCUT2D eigenvalue weighted by molar-refractivity contribution is 6.30. The second kappa shape index (κ2) is 6.34. The molecule has 1 heterocycles. The Balaban J connectivity index is 2.28. The third-order valence-electron chi connectivity index (χ3n) is 5.29. The molecule has 1 saturated carbocycles. The van der Waals surface area contributed by atoms with Gasteiger partial charge in [0.15, 0.2) is 5.41 Å². The Morgan fingerprint density at radius 1 is 1.28 bits per heavy atom. The third-order valence-corrected chi connectivity index (χ3v) is 5.52. The molecular weight excluding hydrogens is 334 g/mol. The summed E-state index contributed by atoms with van der Waals surface area (Å²) in [7, 11) is 2.05. The molecule has 1 aromatic carbocycles. The van der Waals surface area contributed by atoms with Crippen molar-refractivity contribution in [1.29, 1.82) is 21.2 Å². The number of quaternary nitrogens is 1. The van der Waals surface area contributed by atoms with E-state index in [2.05, 4.69) is 18.2 Å². The van der Waals surface area contributed by atoms with Crippen LogP contribution in [-0.2, 0) is 0 Å². The van der Waals surface area contributed by atoms with Gasteiger partial charge in [0.1, 0.15) is 5.92 Å². The van der Waals surface area contributed by atoms with E-state index >= 15 is 0 Å². The molecule has 124 valence electrons. The molecule has 2 aliphatic rings. The van der Waals surface area contributed by atoms with Crippen molar-refractivity contribution in [2.24, 2.45) is 17.3 Å². The highest BCUT2D eigenvalue weighted by Crippen LogP contribution is 2.52. The predicted octanol–water partition coefficient (Wildman–Crippen LogP) is 1.70. The fourth-order valence-electron chi connectivity index (χ4n) is 4.13. The van der Waals surface area contributed by atoms with Crippen molar-refractivity contribution < 1.29 is 4.90 Å². The second-order valence-corrected chi connectivity index (χ2v) is 7.15. The lowest BCUT2D eigenvalue weighted by molar-refractivity contribution is -0.878. The lowest BCUT2D eigenvalue weighted by Gasteiger charge is -2.46. The summed E-state index contributed by atoms with van der Waals surface area (Å²) in [6, 6.07) is 13.4. The van der Waals surface area contributed by atoms with Crippen LogP contribution in [-0.4, -0.2) is 25.8 Å². The third kappa shape index (κ3) is 2.52. The van der Waals surface area contributed by atoms with Crippen molar-refractivity contribution >= 4 is 17.3 Å². The molecule has 1 fully saturated rings. The molecule has 0 aromatic heterocycles. The Hall–Kier alpha value is -2.65. The molecule has 0 bridgehead atoms. The monoisotopic (exact) mass is 350 g/mol. The largest absolute Gasteiger partial charge is 0.334 e. The number of nitrogens with one attached hydrogen (secondary N) is 2. The minimum absolute atomic E-state index is 0.118. The molecule has 2 N–H and O–H groups in total. The van der Waals surface area contributed by atoms with Crippen LogP contribution >= 0.6 is 11.6 Å². The predicted molar refractivity (Wildman–Crippen MR) is 92.9 cm³/mol. The number of benzene rings is 1.